The van der Waals surface area contributed by atoms with Gasteiger partial charge in [-0.25, -0.2) is 4.98 Å². The van der Waals surface area contributed by atoms with Crippen LogP contribution in [0.5, 0.6) is 0 Å². The van der Waals surface area contributed by atoms with Gasteiger partial charge in [0.1, 0.15) is 5.65 Å². The maximum Gasteiger partial charge on any atom is 0.139 e. The Hall–Kier alpha value is -1.39. The molecule has 0 atom stereocenters. The molecule has 0 radical (unpaired) electrons. The van der Waals surface area contributed by atoms with E-state index in [1.807, 2.05) is 18.5 Å². The normalized spacial score (nSPS) is 12.2. The highest BCUT2D eigenvalue weighted by Gasteiger charge is 2.16. The summed E-state index contributed by atoms with van der Waals surface area (Å²) in [4.78, 5) is 4.45. The number of hydrogen-bond acceptors (Lipinski definition) is 3. The van der Waals surface area contributed by atoms with Crippen molar-refractivity contribution in [2.75, 3.05) is 13.2 Å². The minimum Gasteiger partial charge on any atom is -0.396 e. The van der Waals surface area contributed by atoms with E-state index < -0.39 is 0 Å². The maximum absolute atomic E-state index is 9.02. The molecule has 4 heteroatoms. The molecule has 0 bridgehead atoms. The molecule has 2 aromatic heterocycles. The van der Waals surface area contributed by atoms with Crippen molar-refractivity contribution in [2.45, 2.75) is 33.7 Å². The summed E-state index contributed by atoms with van der Waals surface area (Å²) in [5.41, 5.74) is 3.49. The summed E-state index contributed by atoms with van der Waals surface area (Å²) in [6, 6.07) is 4.12. The number of nitrogens with zero attached hydrogens (tertiary/aromatic N) is 2. The number of fused-ring (bicyclic) bond motifs is 1. The lowest BCUT2D eigenvalue weighted by Crippen LogP contribution is -2.30. The largest absolute Gasteiger partial charge is 0.396 e. The van der Waals surface area contributed by atoms with E-state index >= 15 is 0 Å². The van der Waals surface area contributed by atoms with Crippen LogP contribution in [0.3, 0.4) is 0 Å². The molecular weight excluding hydrogens is 238 g/mol. The van der Waals surface area contributed by atoms with Gasteiger partial charge in [0.25, 0.3) is 0 Å². The fourth-order valence-electron chi connectivity index (χ4n) is 2.25. The van der Waals surface area contributed by atoms with Gasteiger partial charge in [0.2, 0.25) is 0 Å². The van der Waals surface area contributed by atoms with Crippen molar-refractivity contribution in [3.63, 3.8) is 0 Å². The maximum atomic E-state index is 9.02. The van der Waals surface area contributed by atoms with Crippen molar-refractivity contribution in [3.8, 4) is 0 Å². The third-order valence-corrected chi connectivity index (χ3v) is 3.51. The summed E-state index contributed by atoms with van der Waals surface area (Å²) in [6.07, 6.45) is 4.78. The third-order valence-electron chi connectivity index (χ3n) is 3.51. The molecule has 2 rings (SSSR count). The molecule has 0 spiro atoms. The molecule has 0 aromatic carbocycles. The summed E-state index contributed by atoms with van der Waals surface area (Å²) >= 11 is 0. The van der Waals surface area contributed by atoms with E-state index in [9.17, 15) is 0 Å². The molecular formula is C15H23N3O. The lowest BCUT2D eigenvalue weighted by molar-refractivity contribution is 0.207. The summed E-state index contributed by atoms with van der Waals surface area (Å²) in [5.74, 6) is 0. The second-order valence-corrected chi connectivity index (χ2v) is 5.88. The van der Waals surface area contributed by atoms with Crippen LogP contribution in [0.1, 0.15) is 31.5 Å². The van der Waals surface area contributed by atoms with E-state index in [4.69, 9.17) is 5.11 Å². The molecule has 2 aromatic rings. The van der Waals surface area contributed by atoms with Crippen LogP contribution in [0.25, 0.3) is 5.65 Å². The van der Waals surface area contributed by atoms with Crippen LogP contribution < -0.4 is 5.32 Å². The Bertz CT molecular complexity index is 545. The molecule has 19 heavy (non-hydrogen) atoms. The summed E-state index contributed by atoms with van der Waals surface area (Å²) in [6.45, 7) is 8.31. The number of aryl methyl sites for hydroxylation is 1. The van der Waals surface area contributed by atoms with Gasteiger partial charge in [-0.15, -0.1) is 0 Å². The highest BCUT2D eigenvalue weighted by atomic mass is 16.3. The average Bonchev–Trinajstić information content (AvgIpc) is 2.74. The number of imidazole rings is 1. The Kier molecular flexibility index (Phi) is 4.22. The molecule has 0 amide bonds. The summed E-state index contributed by atoms with van der Waals surface area (Å²) in [5, 5.41) is 12.5. The first-order valence-corrected chi connectivity index (χ1v) is 6.77. The van der Waals surface area contributed by atoms with Crippen molar-refractivity contribution in [1.29, 1.82) is 0 Å². The second-order valence-electron chi connectivity index (χ2n) is 5.88. The van der Waals surface area contributed by atoms with Gasteiger partial charge in [-0.2, -0.15) is 0 Å². The molecule has 0 aliphatic rings. The zero-order valence-electron chi connectivity index (χ0n) is 12.0. The number of hydrogen-bond donors (Lipinski definition) is 2. The smallest absolute Gasteiger partial charge is 0.139 e. The van der Waals surface area contributed by atoms with Gasteiger partial charge in [-0.1, -0.05) is 19.9 Å². The molecule has 104 valence electrons. The van der Waals surface area contributed by atoms with Crippen LogP contribution in [0.15, 0.2) is 24.5 Å². The Morgan fingerprint density at radius 1 is 1.42 bits per heavy atom. The topological polar surface area (TPSA) is 49.6 Å². The fraction of sp³-hybridized carbons (Fsp3) is 0.533. The first kappa shape index (κ1) is 14.0. The van der Waals surface area contributed by atoms with Crippen LogP contribution in [0.4, 0.5) is 0 Å². The van der Waals surface area contributed by atoms with Crippen molar-refractivity contribution in [3.05, 3.63) is 35.8 Å². The first-order chi connectivity index (χ1) is 9.03. The van der Waals surface area contributed by atoms with Crippen LogP contribution in [-0.2, 0) is 6.54 Å². The van der Waals surface area contributed by atoms with Gasteiger partial charge < -0.3 is 14.8 Å². The molecule has 4 nitrogen and oxygen atoms in total. The zero-order chi connectivity index (χ0) is 13.9. The van der Waals surface area contributed by atoms with Crippen molar-refractivity contribution in [1.82, 2.24) is 14.7 Å². The molecule has 2 heterocycles. The van der Waals surface area contributed by atoms with Gasteiger partial charge in [0, 0.05) is 25.9 Å². The van der Waals surface area contributed by atoms with Gasteiger partial charge >= 0.3 is 0 Å². The molecule has 0 aliphatic carbocycles. The Morgan fingerprint density at radius 2 is 2.21 bits per heavy atom. The minimum absolute atomic E-state index is 0.116. The highest BCUT2D eigenvalue weighted by molar-refractivity contribution is 5.48. The quantitative estimate of drug-likeness (QED) is 0.837. The van der Waals surface area contributed by atoms with Crippen molar-refractivity contribution in [2.24, 2.45) is 5.41 Å². The molecule has 0 saturated carbocycles. The van der Waals surface area contributed by atoms with Gasteiger partial charge in [-0.3, -0.25) is 0 Å². The van der Waals surface area contributed by atoms with Crippen molar-refractivity contribution >= 4 is 5.65 Å². The van der Waals surface area contributed by atoms with E-state index in [1.165, 1.54) is 11.3 Å². The number of pyridine rings is 1. The zero-order valence-corrected chi connectivity index (χ0v) is 12.0. The molecule has 0 unspecified atom stereocenters. The van der Waals surface area contributed by atoms with Crippen LogP contribution >= 0.6 is 0 Å². The lowest BCUT2D eigenvalue weighted by atomic mass is 9.90. The monoisotopic (exact) mass is 261 g/mol. The SMILES string of the molecule is Cc1cccn2c(CNCC(C)(C)CCO)cnc12. The van der Waals surface area contributed by atoms with E-state index in [1.54, 1.807) is 0 Å². The lowest BCUT2D eigenvalue weighted by Gasteiger charge is -2.23. The van der Waals surface area contributed by atoms with Crippen LogP contribution in [0, 0.1) is 12.3 Å². The third kappa shape index (κ3) is 3.33. The van der Waals surface area contributed by atoms with E-state index in [0.29, 0.717) is 0 Å². The molecule has 2 N–H and O–H groups in total. The second kappa shape index (κ2) is 5.72. The molecule has 0 fully saturated rings. The number of rotatable bonds is 6. The predicted molar refractivity (Wildman–Crippen MR) is 77.1 cm³/mol. The Labute approximate surface area is 114 Å². The van der Waals surface area contributed by atoms with Gasteiger partial charge in [-0.05, 0) is 30.4 Å². The Morgan fingerprint density at radius 3 is 2.95 bits per heavy atom. The average molecular weight is 261 g/mol. The Balaban J connectivity index is 2.01. The van der Waals surface area contributed by atoms with Crippen LogP contribution in [0.2, 0.25) is 0 Å². The number of aliphatic hydroxyl groups is 1. The van der Waals surface area contributed by atoms with E-state index in [-0.39, 0.29) is 12.0 Å². The number of aromatic nitrogens is 2. The first-order valence-electron chi connectivity index (χ1n) is 6.77. The highest BCUT2D eigenvalue weighted by Crippen LogP contribution is 2.18. The van der Waals surface area contributed by atoms with E-state index in [0.717, 1.165) is 25.2 Å². The van der Waals surface area contributed by atoms with Gasteiger partial charge in [0.05, 0.1) is 11.9 Å². The van der Waals surface area contributed by atoms with Crippen LogP contribution in [-0.4, -0.2) is 27.6 Å². The standard InChI is InChI=1S/C15H23N3O/c1-12-5-4-7-18-13(10-17-14(12)18)9-16-11-15(2,3)6-8-19/h4-5,7,10,16,19H,6,8-9,11H2,1-3H3. The number of nitrogens with one attached hydrogen (secondary N) is 1. The van der Waals surface area contributed by atoms with Crippen molar-refractivity contribution < 1.29 is 5.11 Å². The predicted octanol–water partition coefficient (Wildman–Crippen LogP) is 2.14. The minimum atomic E-state index is 0.116. The summed E-state index contributed by atoms with van der Waals surface area (Å²) < 4.78 is 2.13. The fourth-order valence-corrected chi connectivity index (χ4v) is 2.25. The summed E-state index contributed by atoms with van der Waals surface area (Å²) in [7, 11) is 0. The molecule has 0 saturated heterocycles. The van der Waals surface area contributed by atoms with Gasteiger partial charge in [0.15, 0.2) is 0 Å². The molecule has 0 aliphatic heterocycles. The number of aliphatic hydroxyl groups excluding tert-OH is 1. The van der Waals surface area contributed by atoms with E-state index in [2.05, 4.69) is 41.5 Å².